The van der Waals surface area contributed by atoms with Crippen molar-refractivity contribution < 1.29 is 28.2 Å². The molecule has 0 fully saturated rings. The van der Waals surface area contributed by atoms with Crippen LogP contribution in [0.25, 0.3) is 0 Å². The molecule has 0 spiro atoms. The van der Waals surface area contributed by atoms with Gasteiger partial charge in [0.25, 0.3) is 0 Å². The number of esters is 1. The van der Waals surface area contributed by atoms with E-state index in [0.717, 1.165) is 5.75 Å². The van der Waals surface area contributed by atoms with Crippen LogP contribution in [0, 0.1) is 17.3 Å². The van der Waals surface area contributed by atoms with E-state index in [2.05, 4.69) is 47.4 Å². The van der Waals surface area contributed by atoms with Crippen molar-refractivity contribution >= 4 is 20.1 Å². The zero-order chi connectivity index (χ0) is 30.4. The molecule has 4 atom stereocenters. The van der Waals surface area contributed by atoms with Crippen molar-refractivity contribution in [3.05, 3.63) is 36.9 Å². The van der Waals surface area contributed by atoms with Gasteiger partial charge in [-0.3, -0.25) is 9.59 Å². The highest BCUT2D eigenvalue weighted by Gasteiger charge is 2.48. The number of ketones is 1. The van der Waals surface area contributed by atoms with Gasteiger partial charge in [0.05, 0.1) is 25.6 Å². The maximum absolute atomic E-state index is 14.3. The number of methoxy groups -OCH3 is 1. The van der Waals surface area contributed by atoms with Gasteiger partial charge in [0.1, 0.15) is 29.0 Å². The van der Waals surface area contributed by atoms with Crippen molar-refractivity contribution in [1.82, 2.24) is 0 Å². The smallest absolute Gasteiger partial charge is 0.308 e. The number of allylic oxidation sites excluding steroid dienone is 1. The third-order valence-electron chi connectivity index (χ3n) is 7.79. The Labute approximate surface area is 239 Å². The molecule has 0 aromatic heterocycles. The summed E-state index contributed by atoms with van der Waals surface area (Å²) in [5.74, 6) is 0.578. The summed E-state index contributed by atoms with van der Waals surface area (Å²) in [5.41, 5.74) is -1.60. The number of Topliss-reactive ketones (excluding diaryl/α,β-unsaturated/α-hetero) is 1. The van der Waals surface area contributed by atoms with Gasteiger partial charge in [-0.05, 0) is 75.5 Å². The number of hydrogen-bond donors (Lipinski definition) is 0. The van der Waals surface area contributed by atoms with E-state index >= 15 is 0 Å². The molecule has 0 saturated heterocycles. The van der Waals surface area contributed by atoms with Crippen molar-refractivity contribution in [2.24, 2.45) is 17.3 Å². The van der Waals surface area contributed by atoms with Gasteiger partial charge >= 0.3 is 5.97 Å². The predicted molar refractivity (Wildman–Crippen MR) is 162 cm³/mol. The van der Waals surface area contributed by atoms with Crippen LogP contribution in [0.2, 0.25) is 18.1 Å². The third-order valence-corrected chi connectivity index (χ3v) is 12.3. The van der Waals surface area contributed by atoms with Gasteiger partial charge < -0.3 is 18.6 Å². The molecule has 0 amide bonds. The Morgan fingerprint density at radius 1 is 0.949 bits per heavy atom. The van der Waals surface area contributed by atoms with Gasteiger partial charge in [0.2, 0.25) is 0 Å². The third kappa shape index (κ3) is 10.1. The molecule has 0 heterocycles. The molecule has 39 heavy (non-hydrogen) atoms. The summed E-state index contributed by atoms with van der Waals surface area (Å²) in [7, 11) is -0.714. The van der Waals surface area contributed by atoms with E-state index in [1.807, 2.05) is 71.9 Å². The first kappa shape index (κ1) is 34.9. The van der Waals surface area contributed by atoms with E-state index in [0.29, 0.717) is 12.2 Å². The van der Waals surface area contributed by atoms with E-state index in [4.69, 9.17) is 18.6 Å². The number of carbonyl (C=O) groups is 2. The fourth-order valence-electron chi connectivity index (χ4n) is 4.33. The van der Waals surface area contributed by atoms with Crippen LogP contribution in [0.15, 0.2) is 36.9 Å². The maximum Gasteiger partial charge on any atom is 0.308 e. The van der Waals surface area contributed by atoms with Gasteiger partial charge in [-0.15, -0.1) is 6.58 Å². The van der Waals surface area contributed by atoms with Gasteiger partial charge in [-0.1, -0.05) is 54.5 Å². The summed E-state index contributed by atoms with van der Waals surface area (Å²) in [6.07, 6.45) is 1.50. The van der Waals surface area contributed by atoms with Crippen molar-refractivity contribution in [3.63, 3.8) is 0 Å². The lowest BCUT2D eigenvalue weighted by atomic mass is 9.73. The van der Waals surface area contributed by atoms with Crippen molar-refractivity contribution in [2.75, 3.05) is 7.11 Å². The lowest BCUT2D eigenvalue weighted by Gasteiger charge is -2.45. The zero-order valence-electron chi connectivity index (χ0n) is 26.8. The first-order valence-electron chi connectivity index (χ1n) is 14.0. The Bertz CT molecular complexity index is 952. The van der Waals surface area contributed by atoms with E-state index < -0.39 is 37.5 Å². The lowest BCUT2D eigenvalue weighted by Crippen LogP contribution is -2.53. The molecule has 0 aliphatic heterocycles. The van der Waals surface area contributed by atoms with Crippen molar-refractivity contribution in [1.29, 1.82) is 0 Å². The van der Waals surface area contributed by atoms with Crippen LogP contribution in [0.5, 0.6) is 11.5 Å². The second-order valence-corrected chi connectivity index (χ2v) is 18.5. The van der Waals surface area contributed by atoms with Gasteiger partial charge in [0.15, 0.2) is 8.32 Å². The number of hydrogen-bond acceptors (Lipinski definition) is 6. The molecular weight excluding hydrogens is 508 g/mol. The molecule has 0 saturated carbocycles. The van der Waals surface area contributed by atoms with Crippen LogP contribution in [0.4, 0.5) is 0 Å². The highest BCUT2D eigenvalue weighted by atomic mass is 28.4. The second kappa shape index (κ2) is 13.5. The first-order valence-corrected chi connectivity index (χ1v) is 16.9. The molecule has 0 N–H and O–H groups in total. The molecule has 1 aromatic rings. The molecular formula is C32H54O6Si. The van der Waals surface area contributed by atoms with Gasteiger partial charge in [-0.2, -0.15) is 0 Å². The van der Waals surface area contributed by atoms with Gasteiger partial charge in [0, 0.05) is 5.41 Å². The summed E-state index contributed by atoms with van der Waals surface area (Å²) in [5, 5.41) is -0.0948. The van der Waals surface area contributed by atoms with Crippen LogP contribution >= 0.6 is 0 Å². The minimum absolute atomic E-state index is 0.00144. The predicted octanol–water partition coefficient (Wildman–Crippen LogP) is 8.01. The Morgan fingerprint density at radius 3 is 1.90 bits per heavy atom. The quantitative estimate of drug-likeness (QED) is 0.130. The summed E-state index contributed by atoms with van der Waals surface area (Å²) in [6.45, 7) is 27.9. The Balaban J connectivity index is 3.41. The highest BCUT2D eigenvalue weighted by Crippen LogP contribution is 2.42. The van der Waals surface area contributed by atoms with Crippen LogP contribution in [-0.4, -0.2) is 45.0 Å². The first-order chi connectivity index (χ1) is 17.7. The average molecular weight is 563 g/mol. The van der Waals surface area contributed by atoms with E-state index in [1.54, 1.807) is 7.11 Å². The van der Waals surface area contributed by atoms with Crippen molar-refractivity contribution in [2.45, 2.75) is 118 Å². The number of benzene rings is 1. The van der Waals surface area contributed by atoms with Crippen LogP contribution < -0.4 is 9.47 Å². The molecule has 222 valence electrons. The number of rotatable bonds is 14. The SMILES string of the molecule is C=CC[C@H](C)[C@H](Oc1ccc(OC)cc1)[C@@H](C)C(=O)C(C)(C)[C@H](CC(=O)OC(C)(C)C)O[Si](C)(C)C(C)(C)C. The second-order valence-electron chi connectivity index (χ2n) is 13.8. The molecule has 1 rings (SSSR count). The lowest BCUT2D eigenvalue weighted by molar-refractivity contribution is -0.159. The van der Waals surface area contributed by atoms with Gasteiger partial charge in [-0.25, -0.2) is 0 Å². The largest absolute Gasteiger partial charge is 0.497 e. The molecule has 0 bridgehead atoms. The highest BCUT2D eigenvalue weighted by molar-refractivity contribution is 6.74. The molecule has 1 aromatic carbocycles. The van der Waals surface area contributed by atoms with E-state index in [-0.39, 0.29) is 29.1 Å². The average Bonchev–Trinajstić information content (AvgIpc) is 2.79. The summed E-state index contributed by atoms with van der Waals surface area (Å²) < 4.78 is 24.2. The monoisotopic (exact) mass is 562 g/mol. The van der Waals surface area contributed by atoms with E-state index in [9.17, 15) is 9.59 Å². The molecule has 0 aliphatic carbocycles. The molecule has 6 nitrogen and oxygen atoms in total. The molecule has 0 radical (unpaired) electrons. The fraction of sp³-hybridized carbons (Fsp3) is 0.688. The topological polar surface area (TPSA) is 71.1 Å². The Hall–Kier alpha value is -2.12. The van der Waals surface area contributed by atoms with Crippen LogP contribution in [0.1, 0.15) is 82.1 Å². The normalized spacial score (nSPS) is 16.0. The minimum atomic E-state index is -2.33. The molecule has 7 heteroatoms. The summed E-state index contributed by atoms with van der Waals surface area (Å²) in [4.78, 5) is 27.3. The van der Waals surface area contributed by atoms with Crippen molar-refractivity contribution in [3.8, 4) is 11.5 Å². The maximum atomic E-state index is 14.3. The standard InChI is InChI=1S/C32H54O6Si/c1-15-16-22(2)28(36-25-19-17-24(35-12)18-20-25)23(3)29(34)32(10,11)26(21-27(33)37-30(4,5)6)38-39(13,14)31(7,8)9/h15,17-20,22-23,26,28H,1,16,21H2,2-14H3/t22-,23+,26-,28-/m0/s1. The molecule has 0 aliphatic rings. The Morgan fingerprint density at radius 2 is 1.46 bits per heavy atom. The molecule has 0 unspecified atom stereocenters. The van der Waals surface area contributed by atoms with E-state index in [1.165, 1.54) is 0 Å². The number of ether oxygens (including phenoxy) is 3. The zero-order valence-corrected chi connectivity index (χ0v) is 27.8. The summed E-state index contributed by atoms with van der Waals surface area (Å²) >= 11 is 0. The minimum Gasteiger partial charge on any atom is -0.497 e. The number of carbonyl (C=O) groups excluding carboxylic acids is 2. The summed E-state index contributed by atoms with van der Waals surface area (Å²) in [6, 6.07) is 7.37. The van der Waals surface area contributed by atoms with Crippen LogP contribution in [-0.2, 0) is 18.8 Å². The Kier molecular flexibility index (Phi) is 12.1. The van der Waals surface area contributed by atoms with Crippen LogP contribution in [0.3, 0.4) is 0 Å². The fourth-order valence-corrected chi connectivity index (χ4v) is 5.77.